The summed E-state index contributed by atoms with van der Waals surface area (Å²) in [5.41, 5.74) is 6.71. The summed E-state index contributed by atoms with van der Waals surface area (Å²) >= 11 is 0. The molecule has 0 bridgehead atoms. The Hall–Kier alpha value is -3.17. The summed E-state index contributed by atoms with van der Waals surface area (Å²) in [6, 6.07) is 29.4. The maximum atomic E-state index is 5.87. The molecule has 1 aromatic heterocycles. The van der Waals surface area contributed by atoms with E-state index in [0.717, 1.165) is 41.8 Å². The average molecular weight is 398 g/mol. The second-order valence-corrected chi connectivity index (χ2v) is 7.56. The fraction of sp³-hybridized carbons (Fsp3) is 0.222. The molecule has 3 heteroatoms. The van der Waals surface area contributed by atoms with Crippen molar-refractivity contribution in [3.8, 4) is 22.5 Å². The van der Waals surface area contributed by atoms with Gasteiger partial charge in [0.05, 0.1) is 17.4 Å². The van der Waals surface area contributed by atoms with Gasteiger partial charge in [0.25, 0.3) is 0 Å². The third kappa shape index (κ3) is 4.52. The van der Waals surface area contributed by atoms with Crippen LogP contribution in [-0.2, 0) is 11.2 Å². The van der Waals surface area contributed by atoms with E-state index in [0.29, 0.717) is 0 Å². The zero-order chi connectivity index (χ0) is 20.8. The Kier molecular flexibility index (Phi) is 6.41. The molecular formula is C27H27NO2. The summed E-state index contributed by atoms with van der Waals surface area (Å²) in [5.74, 6) is 0.804. The number of hydrogen-bond acceptors (Lipinski definition) is 3. The van der Waals surface area contributed by atoms with E-state index in [4.69, 9.17) is 9.26 Å². The van der Waals surface area contributed by atoms with Gasteiger partial charge in [0, 0.05) is 12.7 Å². The van der Waals surface area contributed by atoms with Crippen LogP contribution in [0.4, 0.5) is 0 Å². The van der Waals surface area contributed by atoms with Crippen molar-refractivity contribution in [1.82, 2.24) is 5.16 Å². The number of rotatable bonds is 8. The van der Waals surface area contributed by atoms with Gasteiger partial charge in [-0.05, 0) is 42.9 Å². The van der Waals surface area contributed by atoms with Crippen LogP contribution in [0.15, 0.2) is 89.5 Å². The largest absolute Gasteiger partial charge is 0.377 e. The lowest BCUT2D eigenvalue weighted by Crippen LogP contribution is -2.04. The molecule has 30 heavy (non-hydrogen) atoms. The van der Waals surface area contributed by atoms with Crippen LogP contribution >= 0.6 is 0 Å². The van der Waals surface area contributed by atoms with Crippen molar-refractivity contribution >= 4 is 0 Å². The van der Waals surface area contributed by atoms with Crippen molar-refractivity contribution in [1.29, 1.82) is 0 Å². The first-order chi connectivity index (χ1) is 14.8. The van der Waals surface area contributed by atoms with Crippen LogP contribution in [0, 0.1) is 6.92 Å². The molecule has 0 saturated carbocycles. The fourth-order valence-corrected chi connectivity index (χ4v) is 3.93. The smallest absolute Gasteiger partial charge is 0.172 e. The SMILES string of the molecule is COC(CCCc1ccccc1)c1c(C)noc1-c1ccc(-c2ccccc2)cc1. The molecule has 152 valence electrons. The standard InChI is InChI=1S/C27H27NO2/c1-20-26(25(29-2)15-9-12-21-10-5-3-6-11-21)27(30-28-20)24-18-16-23(17-19-24)22-13-7-4-8-14-22/h3-8,10-11,13-14,16-19,25H,9,12,15H2,1-2H3. The number of ether oxygens (including phenoxy) is 1. The Balaban J connectivity index is 1.52. The Morgan fingerprint density at radius 1 is 0.800 bits per heavy atom. The van der Waals surface area contributed by atoms with E-state index in [9.17, 15) is 0 Å². The molecule has 0 aliphatic heterocycles. The quantitative estimate of drug-likeness (QED) is 0.320. The van der Waals surface area contributed by atoms with Crippen LogP contribution in [0.1, 0.15) is 35.8 Å². The van der Waals surface area contributed by atoms with Crippen LogP contribution in [-0.4, -0.2) is 12.3 Å². The molecule has 0 aliphatic rings. The maximum absolute atomic E-state index is 5.87. The van der Waals surface area contributed by atoms with Gasteiger partial charge >= 0.3 is 0 Å². The van der Waals surface area contributed by atoms with Crippen molar-refractivity contribution < 1.29 is 9.26 Å². The molecular weight excluding hydrogens is 370 g/mol. The monoisotopic (exact) mass is 397 g/mol. The van der Waals surface area contributed by atoms with E-state index in [1.165, 1.54) is 16.7 Å². The highest BCUT2D eigenvalue weighted by Gasteiger charge is 2.23. The topological polar surface area (TPSA) is 35.3 Å². The number of aryl methyl sites for hydroxylation is 2. The molecule has 0 aliphatic carbocycles. The van der Waals surface area contributed by atoms with E-state index in [1.807, 2.05) is 13.0 Å². The number of methoxy groups -OCH3 is 1. The summed E-state index contributed by atoms with van der Waals surface area (Å²) in [7, 11) is 1.77. The lowest BCUT2D eigenvalue weighted by atomic mass is 9.96. The third-order valence-electron chi connectivity index (χ3n) is 5.54. The van der Waals surface area contributed by atoms with Gasteiger partial charge in [0.15, 0.2) is 5.76 Å². The van der Waals surface area contributed by atoms with Crippen molar-refractivity contribution in [2.45, 2.75) is 32.3 Å². The molecule has 3 aromatic carbocycles. The minimum Gasteiger partial charge on any atom is -0.377 e. The molecule has 1 heterocycles. The van der Waals surface area contributed by atoms with E-state index >= 15 is 0 Å². The summed E-state index contributed by atoms with van der Waals surface area (Å²) < 4.78 is 11.6. The minimum absolute atomic E-state index is 0.0382. The van der Waals surface area contributed by atoms with Gasteiger partial charge < -0.3 is 9.26 Å². The predicted octanol–water partition coefficient (Wildman–Crippen LogP) is 7.03. The summed E-state index contributed by atoms with van der Waals surface area (Å²) in [6.45, 7) is 1.99. The summed E-state index contributed by atoms with van der Waals surface area (Å²) in [5, 5.41) is 4.25. The van der Waals surface area contributed by atoms with E-state index < -0.39 is 0 Å². The van der Waals surface area contributed by atoms with Crippen LogP contribution in [0.3, 0.4) is 0 Å². The molecule has 0 amide bonds. The van der Waals surface area contributed by atoms with Crippen molar-refractivity contribution in [3.05, 3.63) is 102 Å². The molecule has 0 radical (unpaired) electrons. The molecule has 1 atom stereocenters. The number of benzene rings is 3. The van der Waals surface area contributed by atoms with Crippen LogP contribution in [0.5, 0.6) is 0 Å². The van der Waals surface area contributed by atoms with E-state index in [2.05, 4.69) is 84.0 Å². The first-order valence-electron chi connectivity index (χ1n) is 10.4. The second-order valence-electron chi connectivity index (χ2n) is 7.56. The van der Waals surface area contributed by atoms with Crippen molar-refractivity contribution in [2.24, 2.45) is 0 Å². The normalized spacial score (nSPS) is 12.1. The van der Waals surface area contributed by atoms with Crippen LogP contribution < -0.4 is 0 Å². The zero-order valence-corrected chi connectivity index (χ0v) is 17.5. The Morgan fingerprint density at radius 2 is 1.40 bits per heavy atom. The lowest BCUT2D eigenvalue weighted by molar-refractivity contribution is 0.0935. The molecule has 4 rings (SSSR count). The van der Waals surface area contributed by atoms with Gasteiger partial charge in [-0.15, -0.1) is 0 Å². The van der Waals surface area contributed by atoms with Gasteiger partial charge in [-0.25, -0.2) is 0 Å². The van der Waals surface area contributed by atoms with Crippen LogP contribution in [0.25, 0.3) is 22.5 Å². The Morgan fingerprint density at radius 3 is 2.07 bits per heavy atom. The number of hydrogen-bond donors (Lipinski definition) is 0. The Bertz CT molecular complexity index is 1050. The molecule has 0 fully saturated rings. The summed E-state index contributed by atoms with van der Waals surface area (Å²) in [4.78, 5) is 0. The van der Waals surface area contributed by atoms with Crippen molar-refractivity contribution in [2.75, 3.05) is 7.11 Å². The van der Waals surface area contributed by atoms with E-state index in [1.54, 1.807) is 7.11 Å². The second kappa shape index (κ2) is 9.55. The van der Waals surface area contributed by atoms with Crippen LogP contribution in [0.2, 0.25) is 0 Å². The maximum Gasteiger partial charge on any atom is 0.172 e. The molecule has 4 aromatic rings. The number of aromatic nitrogens is 1. The van der Waals surface area contributed by atoms with Gasteiger partial charge in [0.1, 0.15) is 0 Å². The minimum atomic E-state index is -0.0382. The molecule has 0 saturated heterocycles. The average Bonchev–Trinajstić information content (AvgIpc) is 3.19. The highest BCUT2D eigenvalue weighted by molar-refractivity contribution is 5.69. The third-order valence-corrected chi connectivity index (χ3v) is 5.54. The highest BCUT2D eigenvalue weighted by atomic mass is 16.5. The molecule has 1 unspecified atom stereocenters. The first-order valence-corrected chi connectivity index (χ1v) is 10.4. The summed E-state index contributed by atoms with van der Waals surface area (Å²) in [6.07, 6.45) is 2.96. The number of nitrogens with zero attached hydrogens (tertiary/aromatic N) is 1. The molecule has 3 nitrogen and oxygen atoms in total. The van der Waals surface area contributed by atoms with Gasteiger partial charge in [-0.2, -0.15) is 0 Å². The first kappa shape index (κ1) is 20.1. The highest BCUT2D eigenvalue weighted by Crippen LogP contribution is 2.36. The Labute approximate surface area is 178 Å². The fourth-order valence-electron chi connectivity index (χ4n) is 3.93. The van der Waals surface area contributed by atoms with E-state index in [-0.39, 0.29) is 6.10 Å². The van der Waals surface area contributed by atoms with Gasteiger partial charge in [-0.3, -0.25) is 0 Å². The molecule has 0 spiro atoms. The van der Waals surface area contributed by atoms with Gasteiger partial charge in [0.2, 0.25) is 0 Å². The lowest BCUT2D eigenvalue weighted by Gasteiger charge is -2.16. The zero-order valence-electron chi connectivity index (χ0n) is 17.5. The van der Waals surface area contributed by atoms with Gasteiger partial charge in [-0.1, -0.05) is 90.1 Å². The predicted molar refractivity (Wildman–Crippen MR) is 121 cm³/mol. The van der Waals surface area contributed by atoms with Crippen molar-refractivity contribution in [3.63, 3.8) is 0 Å². The molecule has 0 N–H and O–H groups in total.